The van der Waals surface area contributed by atoms with Gasteiger partial charge in [0.15, 0.2) is 0 Å². The maximum Gasteiger partial charge on any atom is 0.234 e. The van der Waals surface area contributed by atoms with Crippen molar-refractivity contribution in [1.82, 2.24) is 4.90 Å². The van der Waals surface area contributed by atoms with E-state index in [1.165, 1.54) is 0 Å². The second-order valence-electron chi connectivity index (χ2n) is 5.41. The number of hydrogen-bond donors (Lipinski definition) is 0. The van der Waals surface area contributed by atoms with E-state index < -0.39 is 0 Å². The third-order valence-corrected chi connectivity index (χ3v) is 5.46. The molecule has 0 N–H and O–H groups in total. The SMILES string of the molecule is COc1ccc(OC)c(CN2C(=O)CSC2c2ccc(Cl)cc2)c1. The summed E-state index contributed by atoms with van der Waals surface area (Å²) < 4.78 is 10.7. The number of carbonyl (C=O) groups is 1. The maximum atomic E-state index is 12.4. The Morgan fingerprint density at radius 1 is 1.17 bits per heavy atom. The lowest BCUT2D eigenvalue weighted by atomic mass is 10.1. The Hall–Kier alpha value is -1.85. The average molecular weight is 364 g/mol. The molecule has 3 rings (SSSR count). The zero-order valence-corrected chi connectivity index (χ0v) is 15.1. The van der Waals surface area contributed by atoms with Gasteiger partial charge in [-0.15, -0.1) is 11.8 Å². The van der Waals surface area contributed by atoms with Crippen LogP contribution in [0.1, 0.15) is 16.5 Å². The molecule has 0 aliphatic carbocycles. The van der Waals surface area contributed by atoms with Crippen LogP contribution < -0.4 is 9.47 Å². The molecule has 1 atom stereocenters. The number of nitrogens with zero attached hydrogens (tertiary/aromatic N) is 1. The molecule has 0 saturated carbocycles. The number of methoxy groups -OCH3 is 2. The van der Waals surface area contributed by atoms with Gasteiger partial charge in [0.1, 0.15) is 16.9 Å². The molecule has 2 aromatic rings. The first-order valence-corrected chi connectivity index (χ1v) is 8.92. The lowest BCUT2D eigenvalue weighted by Gasteiger charge is -2.25. The second-order valence-corrected chi connectivity index (χ2v) is 6.92. The minimum atomic E-state index is -0.0225. The van der Waals surface area contributed by atoms with E-state index in [-0.39, 0.29) is 11.3 Å². The van der Waals surface area contributed by atoms with Crippen LogP contribution in [-0.4, -0.2) is 30.8 Å². The summed E-state index contributed by atoms with van der Waals surface area (Å²) in [6, 6.07) is 13.3. The van der Waals surface area contributed by atoms with Gasteiger partial charge in [-0.2, -0.15) is 0 Å². The van der Waals surface area contributed by atoms with Gasteiger partial charge in [0, 0.05) is 10.6 Å². The average Bonchev–Trinajstić information content (AvgIpc) is 2.96. The molecular formula is C18H18ClNO3S. The van der Waals surface area contributed by atoms with Crippen LogP contribution >= 0.6 is 23.4 Å². The summed E-state index contributed by atoms with van der Waals surface area (Å²) in [6.45, 7) is 0.472. The molecule has 1 saturated heterocycles. The molecule has 0 aromatic heterocycles. The number of ether oxygens (including phenoxy) is 2. The number of halogens is 1. The Labute approximate surface area is 150 Å². The predicted molar refractivity (Wildman–Crippen MR) is 96.7 cm³/mol. The third-order valence-electron chi connectivity index (χ3n) is 3.95. The smallest absolute Gasteiger partial charge is 0.234 e. The molecule has 1 aliphatic rings. The number of rotatable bonds is 5. The fourth-order valence-electron chi connectivity index (χ4n) is 2.72. The zero-order valence-electron chi connectivity index (χ0n) is 13.5. The van der Waals surface area contributed by atoms with Crippen molar-refractivity contribution in [2.45, 2.75) is 11.9 Å². The molecule has 2 aromatic carbocycles. The Bertz CT molecular complexity index is 736. The molecule has 1 amide bonds. The molecule has 0 spiro atoms. The topological polar surface area (TPSA) is 38.8 Å². The maximum absolute atomic E-state index is 12.4. The number of carbonyl (C=O) groups excluding carboxylic acids is 1. The fraction of sp³-hybridized carbons (Fsp3) is 0.278. The summed E-state index contributed by atoms with van der Waals surface area (Å²) in [4.78, 5) is 14.3. The first-order valence-electron chi connectivity index (χ1n) is 7.50. The molecule has 4 nitrogen and oxygen atoms in total. The van der Waals surface area contributed by atoms with Gasteiger partial charge >= 0.3 is 0 Å². The van der Waals surface area contributed by atoms with Crippen molar-refractivity contribution in [3.8, 4) is 11.5 Å². The van der Waals surface area contributed by atoms with Crippen LogP contribution in [-0.2, 0) is 11.3 Å². The van der Waals surface area contributed by atoms with Crippen LogP contribution in [0.4, 0.5) is 0 Å². The molecule has 1 heterocycles. The van der Waals surface area contributed by atoms with Crippen molar-refractivity contribution < 1.29 is 14.3 Å². The van der Waals surface area contributed by atoms with Crippen molar-refractivity contribution in [1.29, 1.82) is 0 Å². The second kappa shape index (κ2) is 7.36. The van der Waals surface area contributed by atoms with Crippen molar-refractivity contribution in [2.24, 2.45) is 0 Å². The lowest BCUT2D eigenvalue weighted by molar-refractivity contribution is -0.128. The van der Waals surface area contributed by atoms with E-state index in [0.29, 0.717) is 17.3 Å². The molecule has 126 valence electrons. The molecule has 0 bridgehead atoms. The van der Waals surface area contributed by atoms with Gasteiger partial charge in [-0.1, -0.05) is 23.7 Å². The van der Waals surface area contributed by atoms with E-state index in [9.17, 15) is 4.79 Å². The van der Waals surface area contributed by atoms with Crippen LogP contribution in [0.15, 0.2) is 42.5 Å². The minimum Gasteiger partial charge on any atom is -0.497 e. The van der Waals surface area contributed by atoms with Gasteiger partial charge < -0.3 is 14.4 Å². The molecule has 1 unspecified atom stereocenters. The largest absolute Gasteiger partial charge is 0.497 e. The Morgan fingerprint density at radius 3 is 2.58 bits per heavy atom. The number of benzene rings is 2. The van der Waals surface area contributed by atoms with E-state index in [0.717, 1.165) is 22.6 Å². The zero-order chi connectivity index (χ0) is 17.1. The fourth-order valence-corrected chi connectivity index (χ4v) is 4.03. The van der Waals surface area contributed by atoms with Crippen LogP contribution in [0.25, 0.3) is 0 Å². The number of thioether (sulfide) groups is 1. The Balaban J connectivity index is 1.89. The number of hydrogen-bond acceptors (Lipinski definition) is 4. The van der Waals surface area contributed by atoms with Crippen LogP contribution in [0.5, 0.6) is 11.5 Å². The van der Waals surface area contributed by atoms with Gasteiger partial charge in [0.05, 0.1) is 26.5 Å². The summed E-state index contributed by atoms with van der Waals surface area (Å²) >= 11 is 7.59. The van der Waals surface area contributed by atoms with Gasteiger partial charge in [0.2, 0.25) is 5.91 Å². The minimum absolute atomic E-state index is 0.0225. The Morgan fingerprint density at radius 2 is 1.92 bits per heavy atom. The summed E-state index contributed by atoms with van der Waals surface area (Å²) in [5.41, 5.74) is 1.99. The highest BCUT2D eigenvalue weighted by molar-refractivity contribution is 8.00. The molecule has 1 fully saturated rings. The summed E-state index contributed by atoms with van der Waals surface area (Å²) in [7, 11) is 3.25. The highest BCUT2D eigenvalue weighted by Gasteiger charge is 2.33. The lowest BCUT2D eigenvalue weighted by Crippen LogP contribution is -2.27. The van der Waals surface area contributed by atoms with Gasteiger partial charge in [-0.05, 0) is 35.9 Å². The molecule has 0 radical (unpaired) electrons. The van der Waals surface area contributed by atoms with E-state index in [2.05, 4.69) is 0 Å². The normalized spacial score (nSPS) is 17.2. The first-order chi connectivity index (χ1) is 11.6. The van der Waals surface area contributed by atoms with Gasteiger partial charge in [-0.25, -0.2) is 0 Å². The molecule has 6 heteroatoms. The van der Waals surface area contributed by atoms with Crippen LogP contribution in [0, 0.1) is 0 Å². The number of amides is 1. The molecule has 1 aliphatic heterocycles. The summed E-state index contributed by atoms with van der Waals surface area (Å²) in [5, 5.41) is 0.666. The van der Waals surface area contributed by atoms with Crippen molar-refractivity contribution in [2.75, 3.05) is 20.0 Å². The van der Waals surface area contributed by atoms with Crippen LogP contribution in [0.2, 0.25) is 5.02 Å². The summed E-state index contributed by atoms with van der Waals surface area (Å²) in [5.74, 6) is 2.08. The highest BCUT2D eigenvalue weighted by atomic mass is 35.5. The van der Waals surface area contributed by atoms with Gasteiger partial charge in [-0.3, -0.25) is 4.79 Å². The van der Waals surface area contributed by atoms with E-state index >= 15 is 0 Å². The monoisotopic (exact) mass is 363 g/mol. The van der Waals surface area contributed by atoms with Gasteiger partial charge in [0.25, 0.3) is 0 Å². The molecule has 24 heavy (non-hydrogen) atoms. The third kappa shape index (κ3) is 3.47. The van der Waals surface area contributed by atoms with Crippen molar-refractivity contribution >= 4 is 29.3 Å². The first kappa shape index (κ1) is 17.0. The van der Waals surface area contributed by atoms with E-state index in [4.69, 9.17) is 21.1 Å². The Kier molecular flexibility index (Phi) is 5.21. The summed E-state index contributed by atoms with van der Waals surface area (Å²) in [6.07, 6.45) is 0. The standard InChI is InChI=1S/C18H18ClNO3S/c1-22-15-7-8-16(23-2)13(9-15)10-20-17(21)11-24-18(20)12-3-5-14(19)6-4-12/h3-9,18H,10-11H2,1-2H3. The predicted octanol–water partition coefficient (Wildman–Crippen LogP) is 4.13. The van der Waals surface area contributed by atoms with E-state index in [1.54, 1.807) is 26.0 Å². The van der Waals surface area contributed by atoms with Crippen molar-refractivity contribution in [3.05, 3.63) is 58.6 Å². The van der Waals surface area contributed by atoms with E-state index in [1.807, 2.05) is 47.4 Å². The highest BCUT2D eigenvalue weighted by Crippen LogP contribution is 2.41. The van der Waals surface area contributed by atoms with Crippen LogP contribution in [0.3, 0.4) is 0 Å². The van der Waals surface area contributed by atoms with Crippen molar-refractivity contribution in [3.63, 3.8) is 0 Å². The molecular weight excluding hydrogens is 346 g/mol. The quantitative estimate of drug-likeness (QED) is 0.800.